The van der Waals surface area contributed by atoms with E-state index in [1.807, 2.05) is 13.0 Å². The second kappa shape index (κ2) is 6.47. The van der Waals surface area contributed by atoms with E-state index in [1.54, 1.807) is 30.3 Å². The topological polar surface area (TPSA) is 45.0 Å². The third-order valence-electron chi connectivity index (χ3n) is 3.14. The van der Waals surface area contributed by atoms with Crippen molar-refractivity contribution >= 4 is 17.3 Å². The van der Waals surface area contributed by atoms with E-state index in [-0.39, 0.29) is 11.9 Å². The second-order valence-electron chi connectivity index (χ2n) is 4.53. The molecular weight excluding hydrogens is 291 g/mol. The Labute approximate surface area is 127 Å². The Kier molecular flexibility index (Phi) is 4.66. The van der Waals surface area contributed by atoms with Crippen LogP contribution >= 0.6 is 11.6 Å². The van der Waals surface area contributed by atoms with E-state index in [0.717, 1.165) is 0 Å². The molecule has 0 spiro atoms. The average molecular weight is 305 g/mol. The van der Waals surface area contributed by atoms with Gasteiger partial charge in [0.15, 0.2) is 0 Å². The van der Waals surface area contributed by atoms with E-state index in [1.165, 1.54) is 13.2 Å². The van der Waals surface area contributed by atoms with Gasteiger partial charge in [0.1, 0.15) is 17.6 Å². The summed E-state index contributed by atoms with van der Waals surface area (Å²) in [5, 5.41) is 12.5. The minimum Gasteiger partial charge on any atom is -0.496 e. The largest absolute Gasteiger partial charge is 0.496 e. The van der Waals surface area contributed by atoms with Crippen LogP contribution in [0.25, 0.3) is 0 Å². The van der Waals surface area contributed by atoms with E-state index >= 15 is 0 Å². The highest BCUT2D eigenvalue weighted by molar-refractivity contribution is 6.31. The van der Waals surface area contributed by atoms with Crippen LogP contribution in [0.15, 0.2) is 36.4 Å². The van der Waals surface area contributed by atoms with Gasteiger partial charge in [-0.25, -0.2) is 4.39 Å². The van der Waals surface area contributed by atoms with Gasteiger partial charge in [0.25, 0.3) is 0 Å². The monoisotopic (exact) mass is 304 g/mol. The van der Waals surface area contributed by atoms with E-state index in [2.05, 4.69) is 5.32 Å². The number of rotatable bonds is 4. The maximum atomic E-state index is 14.0. The Balaban J connectivity index is 2.31. The van der Waals surface area contributed by atoms with Gasteiger partial charge in [-0.1, -0.05) is 17.7 Å². The second-order valence-corrected chi connectivity index (χ2v) is 4.94. The zero-order valence-corrected chi connectivity index (χ0v) is 12.4. The summed E-state index contributed by atoms with van der Waals surface area (Å²) in [4.78, 5) is 0. The molecule has 2 rings (SSSR count). The molecule has 0 aliphatic rings. The van der Waals surface area contributed by atoms with Crippen molar-refractivity contribution in [1.29, 1.82) is 5.26 Å². The van der Waals surface area contributed by atoms with Gasteiger partial charge in [0, 0.05) is 5.69 Å². The molecule has 0 saturated carbocycles. The van der Waals surface area contributed by atoms with E-state index in [0.29, 0.717) is 27.6 Å². The number of nitrogens with one attached hydrogen (secondary N) is 1. The Morgan fingerprint density at radius 2 is 2.10 bits per heavy atom. The fourth-order valence-electron chi connectivity index (χ4n) is 2.14. The maximum absolute atomic E-state index is 14.0. The van der Waals surface area contributed by atoms with Crippen LogP contribution < -0.4 is 10.1 Å². The number of nitriles is 1. The third kappa shape index (κ3) is 3.26. The summed E-state index contributed by atoms with van der Waals surface area (Å²) in [5.41, 5.74) is 1.50. The normalized spacial score (nSPS) is 11.6. The predicted molar refractivity (Wildman–Crippen MR) is 81.2 cm³/mol. The fourth-order valence-corrected chi connectivity index (χ4v) is 2.30. The van der Waals surface area contributed by atoms with E-state index in [9.17, 15) is 4.39 Å². The lowest BCUT2D eigenvalue weighted by Crippen LogP contribution is -2.10. The molecule has 2 aromatic rings. The first-order valence-electron chi connectivity index (χ1n) is 6.35. The van der Waals surface area contributed by atoms with Gasteiger partial charge in [-0.05, 0) is 37.3 Å². The molecule has 0 radical (unpaired) electrons. The molecule has 21 heavy (non-hydrogen) atoms. The SMILES string of the molecule is COc1cccc(F)c1C(C)Nc1ccc(Cl)c(C#N)c1. The van der Waals surface area contributed by atoms with Gasteiger partial charge in [-0.15, -0.1) is 0 Å². The number of benzene rings is 2. The summed E-state index contributed by atoms with van der Waals surface area (Å²) in [6.07, 6.45) is 0. The number of halogens is 2. The fraction of sp³-hybridized carbons (Fsp3) is 0.188. The van der Waals surface area contributed by atoms with E-state index < -0.39 is 0 Å². The maximum Gasteiger partial charge on any atom is 0.132 e. The smallest absolute Gasteiger partial charge is 0.132 e. The molecular formula is C16H14ClFN2O. The van der Waals surface area contributed by atoms with Crippen molar-refractivity contribution in [3.63, 3.8) is 0 Å². The molecule has 108 valence electrons. The van der Waals surface area contributed by atoms with Crippen LogP contribution in [0.5, 0.6) is 5.75 Å². The van der Waals surface area contributed by atoms with Gasteiger partial charge in [0.05, 0.1) is 29.3 Å². The lowest BCUT2D eigenvalue weighted by Gasteiger charge is -2.19. The molecule has 2 aromatic carbocycles. The number of methoxy groups -OCH3 is 1. The van der Waals surface area contributed by atoms with Crippen molar-refractivity contribution in [2.75, 3.05) is 12.4 Å². The van der Waals surface area contributed by atoms with Crippen molar-refractivity contribution in [3.05, 3.63) is 58.4 Å². The zero-order valence-electron chi connectivity index (χ0n) is 11.7. The summed E-state index contributed by atoms with van der Waals surface area (Å²) >= 11 is 5.89. The molecule has 0 aromatic heterocycles. The van der Waals surface area contributed by atoms with Crippen LogP contribution in [-0.4, -0.2) is 7.11 Å². The minimum absolute atomic E-state index is 0.325. The molecule has 0 bridgehead atoms. The molecule has 0 heterocycles. The van der Waals surface area contributed by atoms with Crippen LogP contribution in [0.4, 0.5) is 10.1 Å². The van der Waals surface area contributed by atoms with Gasteiger partial charge < -0.3 is 10.1 Å². The van der Waals surface area contributed by atoms with Crippen molar-refractivity contribution in [2.24, 2.45) is 0 Å². The first-order valence-corrected chi connectivity index (χ1v) is 6.73. The lowest BCUT2D eigenvalue weighted by molar-refractivity contribution is 0.402. The first-order chi connectivity index (χ1) is 10.1. The number of hydrogen-bond acceptors (Lipinski definition) is 3. The summed E-state index contributed by atoms with van der Waals surface area (Å²) in [5.74, 6) is 0.133. The van der Waals surface area contributed by atoms with Crippen LogP contribution in [0, 0.1) is 17.1 Å². The highest BCUT2D eigenvalue weighted by Gasteiger charge is 2.16. The van der Waals surface area contributed by atoms with Crippen molar-refractivity contribution in [3.8, 4) is 11.8 Å². The Morgan fingerprint density at radius 1 is 1.33 bits per heavy atom. The van der Waals surface area contributed by atoms with E-state index in [4.69, 9.17) is 21.6 Å². The van der Waals surface area contributed by atoms with Crippen LogP contribution in [0.1, 0.15) is 24.1 Å². The lowest BCUT2D eigenvalue weighted by atomic mass is 10.1. The first kappa shape index (κ1) is 15.1. The molecule has 0 amide bonds. The molecule has 0 fully saturated rings. The molecule has 3 nitrogen and oxygen atoms in total. The summed E-state index contributed by atoms with van der Waals surface area (Å²) in [7, 11) is 1.50. The van der Waals surface area contributed by atoms with Crippen molar-refractivity contribution in [1.82, 2.24) is 0 Å². The molecule has 0 aliphatic carbocycles. The van der Waals surface area contributed by atoms with Gasteiger partial charge in [0.2, 0.25) is 0 Å². The van der Waals surface area contributed by atoms with Gasteiger partial charge >= 0.3 is 0 Å². The quantitative estimate of drug-likeness (QED) is 0.902. The Bertz CT molecular complexity index is 697. The standard InChI is InChI=1S/C16H14ClFN2O/c1-10(16-14(18)4-3-5-15(16)21-2)20-12-6-7-13(17)11(8-12)9-19/h3-8,10,20H,1-2H3. The average Bonchev–Trinajstić information content (AvgIpc) is 2.48. The highest BCUT2D eigenvalue weighted by atomic mass is 35.5. The van der Waals surface area contributed by atoms with Gasteiger partial charge in [-0.2, -0.15) is 5.26 Å². The predicted octanol–water partition coefficient (Wildman–Crippen LogP) is 4.53. The molecule has 1 unspecified atom stereocenters. The molecule has 1 N–H and O–H groups in total. The van der Waals surface area contributed by atoms with Crippen LogP contribution in [0.2, 0.25) is 5.02 Å². The summed E-state index contributed by atoms with van der Waals surface area (Å²) < 4.78 is 19.2. The minimum atomic E-state index is -0.344. The number of nitrogens with zero attached hydrogens (tertiary/aromatic N) is 1. The van der Waals surface area contributed by atoms with Crippen molar-refractivity contribution < 1.29 is 9.13 Å². The molecule has 0 saturated heterocycles. The zero-order chi connectivity index (χ0) is 15.4. The van der Waals surface area contributed by atoms with Crippen LogP contribution in [0.3, 0.4) is 0 Å². The number of hydrogen-bond donors (Lipinski definition) is 1. The number of anilines is 1. The Hall–Kier alpha value is -2.25. The summed E-state index contributed by atoms with van der Waals surface area (Å²) in [6, 6.07) is 11.4. The molecule has 5 heteroatoms. The Morgan fingerprint density at radius 3 is 2.76 bits per heavy atom. The number of ether oxygens (including phenoxy) is 1. The van der Waals surface area contributed by atoms with Gasteiger partial charge in [-0.3, -0.25) is 0 Å². The third-order valence-corrected chi connectivity index (χ3v) is 3.47. The highest BCUT2D eigenvalue weighted by Crippen LogP contribution is 2.31. The van der Waals surface area contributed by atoms with Crippen molar-refractivity contribution in [2.45, 2.75) is 13.0 Å². The molecule has 0 aliphatic heterocycles. The van der Waals surface area contributed by atoms with Crippen LogP contribution in [-0.2, 0) is 0 Å². The summed E-state index contributed by atoms with van der Waals surface area (Å²) in [6.45, 7) is 1.82. The molecule has 1 atom stereocenters.